The first-order chi connectivity index (χ1) is 10.3. The van der Waals surface area contributed by atoms with Gasteiger partial charge in [-0.15, -0.1) is 6.58 Å². The van der Waals surface area contributed by atoms with E-state index in [4.69, 9.17) is 0 Å². The molecule has 0 heterocycles. The third kappa shape index (κ3) is 4.71. The summed E-state index contributed by atoms with van der Waals surface area (Å²) in [6.07, 6.45) is 8.20. The van der Waals surface area contributed by atoms with Crippen LogP contribution in [0.4, 0.5) is 0 Å². The maximum atomic E-state index is 3.79. The Balaban J connectivity index is 2.02. The molecule has 112 valence electrons. The SMILES string of the molecule is C=CCCCCCC(NCC)c1ccc2ccccc2c1. The van der Waals surface area contributed by atoms with Gasteiger partial charge in [-0.05, 0) is 48.2 Å². The number of rotatable bonds is 9. The fourth-order valence-corrected chi connectivity index (χ4v) is 2.87. The molecule has 1 unspecified atom stereocenters. The smallest absolute Gasteiger partial charge is 0.0320 e. The fourth-order valence-electron chi connectivity index (χ4n) is 2.87. The molecule has 0 amide bonds. The van der Waals surface area contributed by atoms with Gasteiger partial charge in [0.05, 0.1) is 0 Å². The van der Waals surface area contributed by atoms with Gasteiger partial charge in [-0.1, -0.05) is 62.2 Å². The van der Waals surface area contributed by atoms with Gasteiger partial charge in [-0.25, -0.2) is 0 Å². The van der Waals surface area contributed by atoms with Crippen molar-refractivity contribution in [1.82, 2.24) is 5.32 Å². The van der Waals surface area contributed by atoms with Crippen LogP contribution in [0.15, 0.2) is 55.1 Å². The van der Waals surface area contributed by atoms with Crippen molar-refractivity contribution < 1.29 is 0 Å². The summed E-state index contributed by atoms with van der Waals surface area (Å²) in [4.78, 5) is 0. The van der Waals surface area contributed by atoms with Gasteiger partial charge in [-0.2, -0.15) is 0 Å². The highest BCUT2D eigenvalue weighted by molar-refractivity contribution is 5.83. The molecule has 0 saturated heterocycles. The molecule has 0 aromatic heterocycles. The van der Waals surface area contributed by atoms with Crippen LogP contribution in [0.1, 0.15) is 50.6 Å². The van der Waals surface area contributed by atoms with E-state index < -0.39 is 0 Å². The van der Waals surface area contributed by atoms with Gasteiger partial charge < -0.3 is 5.32 Å². The summed E-state index contributed by atoms with van der Waals surface area (Å²) < 4.78 is 0. The third-order valence-corrected chi connectivity index (χ3v) is 4.03. The maximum Gasteiger partial charge on any atom is 0.0320 e. The van der Waals surface area contributed by atoms with E-state index in [2.05, 4.69) is 61.3 Å². The summed E-state index contributed by atoms with van der Waals surface area (Å²) >= 11 is 0. The Bertz CT molecular complexity index is 559. The van der Waals surface area contributed by atoms with E-state index in [1.165, 1.54) is 42.0 Å². The van der Waals surface area contributed by atoms with E-state index in [0.717, 1.165) is 13.0 Å². The topological polar surface area (TPSA) is 12.0 Å². The van der Waals surface area contributed by atoms with Crippen molar-refractivity contribution in [3.05, 3.63) is 60.7 Å². The van der Waals surface area contributed by atoms with Crippen LogP contribution in [0.2, 0.25) is 0 Å². The second-order valence-electron chi connectivity index (χ2n) is 5.64. The standard InChI is InChI=1S/C20H27N/c1-3-5-6-7-8-13-20(21-4-2)19-15-14-17-11-9-10-12-18(17)16-19/h3,9-12,14-16,20-21H,1,4-8,13H2,2H3. The van der Waals surface area contributed by atoms with Crippen LogP contribution in [0.5, 0.6) is 0 Å². The van der Waals surface area contributed by atoms with Crippen molar-refractivity contribution in [1.29, 1.82) is 0 Å². The van der Waals surface area contributed by atoms with Crippen molar-refractivity contribution in [2.24, 2.45) is 0 Å². The van der Waals surface area contributed by atoms with Gasteiger partial charge in [0.25, 0.3) is 0 Å². The molecule has 0 fully saturated rings. The Kier molecular flexibility index (Phi) is 6.49. The number of benzene rings is 2. The van der Waals surface area contributed by atoms with Gasteiger partial charge in [0.1, 0.15) is 0 Å². The van der Waals surface area contributed by atoms with E-state index in [9.17, 15) is 0 Å². The summed E-state index contributed by atoms with van der Waals surface area (Å²) in [5, 5.41) is 6.29. The lowest BCUT2D eigenvalue weighted by molar-refractivity contribution is 0.484. The van der Waals surface area contributed by atoms with Crippen LogP contribution in [-0.2, 0) is 0 Å². The Morgan fingerprint density at radius 2 is 1.86 bits per heavy atom. The molecule has 21 heavy (non-hydrogen) atoms. The lowest BCUT2D eigenvalue weighted by Gasteiger charge is -2.19. The summed E-state index contributed by atoms with van der Waals surface area (Å²) in [6.45, 7) is 6.99. The van der Waals surface area contributed by atoms with E-state index in [1.54, 1.807) is 0 Å². The fraction of sp³-hybridized carbons (Fsp3) is 0.400. The molecule has 1 N–H and O–H groups in total. The van der Waals surface area contributed by atoms with Gasteiger partial charge >= 0.3 is 0 Å². The first-order valence-corrected chi connectivity index (χ1v) is 8.18. The minimum Gasteiger partial charge on any atom is -0.310 e. The van der Waals surface area contributed by atoms with Crippen LogP contribution in [0, 0.1) is 0 Å². The maximum absolute atomic E-state index is 3.79. The predicted molar refractivity (Wildman–Crippen MR) is 93.6 cm³/mol. The minimum atomic E-state index is 0.475. The third-order valence-electron chi connectivity index (χ3n) is 4.03. The first-order valence-electron chi connectivity index (χ1n) is 8.18. The van der Waals surface area contributed by atoms with Gasteiger partial charge in [0.2, 0.25) is 0 Å². The Morgan fingerprint density at radius 3 is 2.62 bits per heavy atom. The zero-order valence-electron chi connectivity index (χ0n) is 13.1. The Labute approximate surface area is 129 Å². The van der Waals surface area contributed by atoms with Crippen LogP contribution in [-0.4, -0.2) is 6.54 Å². The monoisotopic (exact) mass is 281 g/mol. The molecule has 0 bridgehead atoms. The highest BCUT2D eigenvalue weighted by Gasteiger charge is 2.10. The molecular weight excluding hydrogens is 254 g/mol. The molecule has 2 aromatic rings. The average molecular weight is 281 g/mol. The molecule has 0 spiro atoms. The number of hydrogen-bond acceptors (Lipinski definition) is 1. The van der Waals surface area contributed by atoms with Crippen LogP contribution in [0.3, 0.4) is 0 Å². The van der Waals surface area contributed by atoms with Crippen molar-refractivity contribution in [3.63, 3.8) is 0 Å². The van der Waals surface area contributed by atoms with Crippen LogP contribution in [0.25, 0.3) is 10.8 Å². The van der Waals surface area contributed by atoms with Gasteiger partial charge in [0.15, 0.2) is 0 Å². The molecule has 0 saturated carbocycles. The highest BCUT2D eigenvalue weighted by Crippen LogP contribution is 2.24. The molecule has 1 nitrogen and oxygen atoms in total. The molecule has 1 heteroatoms. The molecule has 1 atom stereocenters. The summed E-state index contributed by atoms with van der Waals surface area (Å²) in [7, 11) is 0. The number of nitrogens with one attached hydrogen (secondary N) is 1. The van der Waals surface area contributed by atoms with Gasteiger partial charge in [0, 0.05) is 6.04 Å². The van der Waals surface area contributed by atoms with Crippen molar-refractivity contribution in [3.8, 4) is 0 Å². The van der Waals surface area contributed by atoms with E-state index >= 15 is 0 Å². The molecule has 0 aliphatic carbocycles. The van der Waals surface area contributed by atoms with Crippen LogP contribution < -0.4 is 5.32 Å². The normalized spacial score (nSPS) is 12.4. The number of fused-ring (bicyclic) bond motifs is 1. The highest BCUT2D eigenvalue weighted by atomic mass is 14.9. The molecule has 2 aromatic carbocycles. The van der Waals surface area contributed by atoms with E-state index in [1.807, 2.05) is 6.08 Å². The molecule has 0 aliphatic rings. The number of unbranched alkanes of at least 4 members (excludes halogenated alkanes) is 3. The largest absolute Gasteiger partial charge is 0.310 e. The van der Waals surface area contributed by atoms with Crippen molar-refractivity contribution >= 4 is 10.8 Å². The van der Waals surface area contributed by atoms with E-state index in [-0.39, 0.29) is 0 Å². The average Bonchev–Trinajstić information content (AvgIpc) is 2.53. The van der Waals surface area contributed by atoms with Crippen LogP contribution >= 0.6 is 0 Å². The lowest BCUT2D eigenvalue weighted by atomic mass is 9.97. The molecule has 0 radical (unpaired) electrons. The first kappa shape index (κ1) is 15.8. The second kappa shape index (κ2) is 8.63. The summed E-state index contributed by atoms with van der Waals surface area (Å²) in [6, 6.07) is 15.9. The summed E-state index contributed by atoms with van der Waals surface area (Å²) in [5.74, 6) is 0. The molecular formula is C20H27N. The zero-order chi connectivity index (χ0) is 14.9. The van der Waals surface area contributed by atoms with E-state index in [0.29, 0.717) is 6.04 Å². The second-order valence-corrected chi connectivity index (χ2v) is 5.64. The minimum absolute atomic E-state index is 0.475. The summed E-state index contributed by atoms with van der Waals surface area (Å²) in [5.41, 5.74) is 1.42. The van der Waals surface area contributed by atoms with Crippen molar-refractivity contribution in [2.75, 3.05) is 6.54 Å². The number of allylic oxidation sites excluding steroid dienone is 1. The molecule has 2 rings (SSSR count). The number of hydrogen-bond donors (Lipinski definition) is 1. The molecule has 0 aliphatic heterocycles. The Morgan fingerprint density at radius 1 is 1.05 bits per heavy atom. The predicted octanol–water partition coefficient (Wildman–Crippen LogP) is 5.63. The van der Waals surface area contributed by atoms with Crippen molar-refractivity contribution in [2.45, 2.75) is 45.1 Å². The Hall–Kier alpha value is -1.60. The van der Waals surface area contributed by atoms with Gasteiger partial charge in [-0.3, -0.25) is 0 Å². The quantitative estimate of drug-likeness (QED) is 0.464. The lowest BCUT2D eigenvalue weighted by Crippen LogP contribution is -2.20. The zero-order valence-corrected chi connectivity index (χ0v) is 13.1.